The lowest BCUT2D eigenvalue weighted by Crippen LogP contribution is -1.73. The van der Waals surface area contributed by atoms with Crippen LogP contribution in [0.3, 0.4) is 0 Å². The van der Waals surface area contributed by atoms with Gasteiger partial charge in [0.15, 0.2) is 0 Å². The first-order valence-corrected chi connectivity index (χ1v) is 2.86. The number of hydrogen-bond donors (Lipinski definition) is 1. The molecule has 0 unspecified atom stereocenters. The third kappa shape index (κ3) is 0.699. The summed E-state index contributed by atoms with van der Waals surface area (Å²) in [5.74, 6) is 0.779. The Hall–Kier alpha value is -1.58. The summed E-state index contributed by atoms with van der Waals surface area (Å²) in [5.41, 5.74) is 0.866. The molecule has 50 valence electrons. The van der Waals surface area contributed by atoms with Crippen LogP contribution < -0.4 is 0 Å². The van der Waals surface area contributed by atoms with Gasteiger partial charge in [0.2, 0.25) is 0 Å². The highest BCUT2D eigenvalue weighted by Gasteiger charge is 1.99. The van der Waals surface area contributed by atoms with Crippen LogP contribution in [0.1, 0.15) is 0 Å². The average Bonchev–Trinajstić information content (AvgIpc) is 2.59. The van der Waals surface area contributed by atoms with Crippen molar-refractivity contribution in [2.24, 2.45) is 0 Å². The summed E-state index contributed by atoms with van der Waals surface area (Å²) in [6.07, 6.45) is 6.59. The smallest absolute Gasteiger partial charge is 0.142 e. The summed E-state index contributed by atoms with van der Waals surface area (Å²) < 4.78 is 4.63. The van der Waals surface area contributed by atoms with Gasteiger partial charge in [-0.1, -0.05) is 5.16 Å². The van der Waals surface area contributed by atoms with Gasteiger partial charge in [-0.15, -0.1) is 0 Å². The molecule has 0 fully saturated rings. The van der Waals surface area contributed by atoms with Crippen molar-refractivity contribution in [1.82, 2.24) is 15.1 Å². The number of hydrogen-bond acceptors (Lipinski definition) is 3. The first-order valence-electron chi connectivity index (χ1n) is 2.86. The van der Waals surface area contributed by atoms with Gasteiger partial charge >= 0.3 is 0 Å². The minimum atomic E-state index is 0.779. The molecule has 0 atom stereocenters. The molecule has 0 amide bonds. The van der Waals surface area contributed by atoms with Crippen LogP contribution in [-0.4, -0.2) is 15.1 Å². The maximum atomic E-state index is 4.63. The Bertz CT molecular complexity index is 252. The second-order valence-corrected chi connectivity index (χ2v) is 1.85. The predicted molar refractivity (Wildman–Crippen MR) is 34.1 cm³/mol. The van der Waals surface area contributed by atoms with Crippen molar-refractivity contribution in [3.05, 3.63) is 24.9 Å². The average molecular weight is 135 g/mol. The summed E-state index contributed by atoms with van der Waals surface area (Å²) in [4.78, 5) is 6.93. The molecule has 2 aromatic rings. The monoisotopic (exact) mass is 135 g/mol. The lowest BCUT2D eigenvalue weighted by molar-refractivity contribution is 0.420. The van der Waals surface area contributed by atoms with E-state index in [0.29, 0.717) is 0 Å². The Balaban J connectivity index is 2.48. The zero-order valence-electron chi connectivity index (χ0n) is 5.11. The van der Waals surface area contributed by atoms with Gasteiger partial charge in [0, 0.05) is 12.4 Å². The molecule has 0 saturated carbocycles. The van der Waals surface area contributed by atoms with Crippen molar-refractivity contribution in [3.63, 3.8) is 0 Å². The number of imidazole rings is 1. The van der Waals surface area contributed by atoms with E-state index in [-0.39, 0.29) is 0 Å². The molecule has 1 N–H and O–H groups in total. The molecule has 0 spiro atoms. The van der Waals surface area contributed by atoms with Gasteiger partial charge in [-0.05, 0) is 0 Å². The van der Waals surface area contributed by atoms with Crippen LogP contribution in [0.5, 0.6) is 0 Å². The highest BCUT2D eigenvalue weighted by atomic mass is 16.5. The normalized spacial score (nSPS) is 10.0. The van der Waals surface area contributed by atoms with Crippen LogP contribution in [0.25, 0.3) is 11.4 Å². The molecule has 0 aliphatic rings. The van der Waals surface area contributed by atoms with Crippen molar-refractivity contribution in [3.8, 4) is 11.4 Å². The Morgan fingerprint density at radius 2 is 2.50 bits per heavy atom. The van der Waals surface area contributed by atoms with E-state index >= 15 is 0 Å². The molecule has 0 saturated heterocycles. The highest BCUT2D eigenvalue weighted by Crippen LogP contribution is 2.11. The maximum absolute atomic E-state index is 4.63. The van der Waals surface area contributed by atoms with E-state index in [0.717, 1.165) is 11.4 Å². The lowest BCUT2D eigenvalue weighted by atomic mass is 10.4. The molecule has 2 heterocycles. The highest BCUT2D eigenvalue weighted by molar-refractivity contribution is 5.50. The Morgan fingerprint density at radius 1 is 1.50 bits per heavy atom. The van der Waals surface area contributed by atoms with Crippen LogP contribution in [0.2, 0.25) is 0 Å². The van der Waals surface area contributed by atoms with Gasteiger partial charge in [0.05, 0.1) is 11.8 Å². The van der Waals surface area contributed by atoms with Gasteiger partial charge in [-0.3, -0.25) is 0 Å². The molecular weight excluding hydrogens is 130 g/mol. The van der Waals surface area contributed by atoms with E-state index in [2.05, 4.69) is 19.6 Å². The number of aromatic amines is 1. The van der Waals surface area contributed by atoms with Crippen molar-refractivity contribution >= 4 is 0 Å². The number of rotatable bonds is 1. The minimum absolute atomic E-state index is 0.779. The molecule has 4 nitrogen and oxygen atoms in total. The van der Waals surface area contributed by atoms with E-state index in [1.807, 2.05) is 0 Å². The van der Waals surface area contributed by atoms with E-state index in [1.54, 1.807) is 24.9 Å². The first kappa shape index (κ1) is 5.22. The molecule has 2 rings (SSSR count). The molecule has 10 heavy (non-hydrogen) atoms. The SMILES string of the molecule is c1c[nH]c(-c2cnoc2)n1. The number of H-pyrrole nitrogens is 1. The Morgan fingerprint density at radius 3 is 3.10 bits per heavy atom. The third-order valence-corrected chi connectivity index (χ3v) is 1.20. The largest absolute Gasteiger partial charge is 0.364 e. The van der Waals surface area contributed by atoms with E-state index in [9.17, 15) is 0 Å². The van der Waals surface area contributed by atoms with Gasteiger partial charge < -0.3 is 9.51 Å². The van der Waals surface area contributed by atoms with Crippen molar-refractivity contribution in [1.29, 1.82) is 0 Å². The zero-order chi connectivity index (χ0) is 6.81. The lowest BCUT2D eigenvalue weighted by Gasteiger charge is -1.82. The van der Waals surface area contributed by atoms with Crippen LogP contribution in [0.15, 0.2) is 29.4 Å². The van der Waals surface area contributed by atoms with Crippen molar-refractivity contribution < 1.29 is 4.52 Å². The van der Waals surface area contributed by atoms with Gasteiger partial charge in [-0.2, -0.15) is 0 Å². The molecule has 0 bridgehead atoms. The molecule has 0 aromatic carbocycles. The quantitative estimate of drug-likeness (QED) is 0.636. The standard InChI is InChI=1S/C6H5N3O/c1-2-8-6(7-1)5-3-9-10-4-5/h1-4H,(H,7,8). The Kier molecular flexibility index (Phi) is 1.04. The number of nitrogens with zero attached hydrogens (tertiary/aromatic N) is 2. The maximum Gasteiger partial charge on any atom is 0.142 e. The predicted octanol–water partition coefficient (Wildman–Crippen LogP) is 1.06. The second-order valence-electron chi connectivity index (χ2n) is 1.85. The van der Waals surface area contributed by atoms with Crippen LogP contribution in [-0.2, 0) is 0 Å². The summed E-state index contributed by atoms with van der Waals surface area (Å²) in [6, 6.07) is 0. The fourth-order valence-electron chi connectivity index (χ4n) is 0.745. The Labute approximate surface area is 56.9 Å². The first-order chi connectivity index (χ1) is 4.97. The summed E-state index contributed by atoms with van der Waals surface area (Å²) in [5, 5.41) is 3.54. The van der Waals surface area contributed by atoms with Crippen molar-refractivity contribution in [2.45, 2.75) is 0 Å². The topological polar surface area (TPSA) is 54.7 Å². The summed E-state index contributed by atoms with van der Waals surface area (Å²) >= 11 is 0. The summed E-state index contributed by atoms with van der Waals surface area (Å²) in [7, 11) is 0. The van der Waals surface area contributed by atoms with Gasteiger partial charge in [-0.25, -0.2) is 4.98 Å². The molecule has 0 aliphatic heterocycles. The third-order valence-electron chi connectivity index (χ3n) is 1.20. The zero-order valence-corrected chi connectivity index (χ0v) is 5.11. The molecule has 0 radical (unpaired) electrons. The molecule has 0 aliphatic carbocycles. The number of nitrogens with one attached hydrogen (secondary N) is 1. The van der Waals surface area contributed by atoms with Crippen LogP contribution >= 0.6 is 0 Å². The van der Waals surface area contributed by atoms with Gasteiger partial charge in [0.25, 0.3) is 0 Å². The van der Waals surface area contributed by atoms with E-state index < -0.39 is 0 Å². The molecule has 2 aromatic heterocycles. The minimum Gasteiger partial charge on any atom is -0.364 e. The fourth-order valence-corrected chi connectivity index (χ4v) is 0.745. The molecule has 4 heteroatoms. The van der Waals surface area contributed by atoms with Crippen molar-refractivity contribution in [2.75, 3.05) is 0 Å². The van der Waals surface area contributed by atoms with E-state index in [1.165, 1.54) is 0 Å². The summed E-state index contributed by atoms with van der Waals surface area (Å²) in [6.45, 7) is 0. The number of aromatic nitrogens is 3. The van der Waals surface area contributed by atoms with Crippen LogP contribution in [0, 0.1) is 0 Å². The fraction of sp³-hybridized carbons (Fsp3) is 0. The van der Waals surface area contributed by atoms with E-state index in [4.69, 9.17) is 0 Å². The molecular formula is C6H5N3O. The second kappa shape index (κ2) is 1.98. The van der Waals surface area contributed by atoms with Gasteiger partial charge in [0.1, 0.15) is 12.1 Å². The van der Waals surface area contributed by atoms with Crippen LogP contribution in [0.4, 0.5) is 0 Å².